The number of methoxy groups -OCH3 is 1. The predicted molar refractivity (Wildman–Crippen MR) is 115 cm³/mol. The van der Waals surface area contributed by atoms with E-state index in [1.165, 1.54) is 12.1 Å². The lowest BCUT2D eigenvalue weighted by atomic mass is 10.2. The number of hydrogen-bond donors (Lipinski definition) is 2. The summed E-state index contributed by atoms with van der Waals surface area (Å²) in [5.74, 6) is 0.616. The molecule has 10 heteroatoms. The normalized spacial score (nSPS) is 11.0. The van der Waals surface area contributed by atoms with Gasteiger partial charge in [0.15, 0.2) is 10.8 Å². The summed E-state index contributed by atoms with van der Waals surface area (Å²) in [4.78, 5) is 21.4. The van der Waals surface area contributed by atoms with Gasteiger partial charge in [0, 0.05) is 26.0 Å². The number of nitrogens with zero attached hydrogens (tertiary/aromatic N) is 4. The minimum absolute atomic E-state index is 0.0213. The largest absolute Gasteiger partial charge is 0.383 e. The van der Waals surface area contributed by atoms with Gasteiger partial charge in [-0.1, -0.05) is 30.8 Å². The Balaban J connectivity index is 1.74. The summed E-state index contributed by atoms with van der Waals surface area (Å²) in [7, 11) is 1.65. The maximum atomic E-state index is 13.8. The number of amides is 1. The number of rotatable bonds is 11. The first-order chi connectivity index (χ1) is 14.6. The molecule has 0 unspecified atom stereocenters. The van der Waals surface area contributed by atoms with Crippen molar-refractivity contribution in [1.82, 2.24) is 25.1 Å². The first kappa shape index (κ1) is 22.0. The van der Waals surface area contributed by atoms with Gasteiger partial charge in [0.2, 0.25) is 0 Å². The summed E-state index contributed by atoms with van der Waals surface area (Å²) in [5, 5.41) is 11.9. The number of nitrogens with one attached hydrogen (secondary N) is 2. The third-order valence-corrected chi connectivity index (χ3v) is 5.29. The molecular formula is C20H25FN6O2S. The smallest absolute Gasteiger partial charge is 0.254 e. The second-order valence-corrected chi connectivity index (χ2v) is 7.53. The highest BCUT2D eigenvalue weighted by molar-refractivity contribution is 7.99. The van der Waals surface area contributed by atoms with Gasteiger partial charge in [-0.3, -0.25) is 4.79 Å². The molecule has 1 amide bonds. The third-order valence-electron chi connectivity index (χ3n) is 4.24. The van der Waals surface area contributed by atoms with Gasteiger partial charge in [-0.25, -0.2) is 19.0 Å². The lowest BCUT2D eigenvalue weighted by Gasteiger charge is -2.10. The van der Waals surface area contributed by atoms with Crippen LogP contribution in [0.3, 0.4) is 0 Å². The zero-order valence-corrected chi connectivity index (χ0v) is 17.8. The van der Waals surface area contributed by atoms with Gasteiger partial charge in [0.05, 0.1) is 30.3 Å². The van der Waals surface area contributed by atoms with Gasteiger partial charge in [-0.05, 0) is 18.6 Å². The minimum Gasteiger partial charge on any atom is -0.383 e. The minimum atomic E-state index is -0.545. The first-order valence-corrected chi connectivity index (χ1v) is 10.7. The Morgan fingerprint density at radius 2 is 2.10 bits per heavy atom. The number of halogens is 1. The number of benzene rings is 1. The van der Waals surface area contributed by atoms with Crippen molar-refractivity contribution in [3.05, 3.63) is 41.8 Å². The fourth-order valence-corrected chi connectivity index (χ4v) is 3.47. The Kier molecular flexibility index (Phi) is 7.97. The summed E-state index contributed by atoms with van der Waals surface area (Å²) in [6.45, 7) is 3.96. The number of carbonyl (C=O) groups is 1. The molecule has 0 fully saturated rings. The van der Waals surface area contributed by atoms with Crippen molar-refractivity contribution in [2.24, 2.45) is 0 Å². The third kappa shape index (κ3) is 5.45. The van der Waals surface area contributed by atoms with Crippen molar-refractivity contribution < 1.29 is 13.9 Å². The summed E-state index contributed by atoms with van der Waals surface area (Å²) in [6, 6.07) is 5.90. The van der Waals surface area contributed by atoms with Crippen molar-refractivity contribution in [3.8, 4) is 0 Å². The van der Waals surface area contributed by atoms with Crippen LogP contribution >= 0.6 is 11.8 Å². The molecular weight excluding hydrogens is 407 g/mol. The molecule has 0 spiro atoms. The molecule has 0 bridgehead atoms. The SMILES string of the molecule is CCCSc1nc(NCCOC)c2cnn(CCNC(=O)c3ccccc3F)c2n1. The van der Waals surface area contributed by atoms with Crippen LogP contribution in [0.15, 0.2) is 35.6 Å². The van der Waals surface area contributed by atoms with Gasteiger partial charge in [0.1, 0.15) is 11.6 Å². The number of aromatic nitrogens is 4. The van der Waals surface area contributed by atoms with E-state index >= 15 is 0 Å². The Morgan fingerprint density at radius 1 is 1.27 bits per heavy atom. The zero-order valence-electron chi connectivity index (χ0n) is 17.0. The van der Waals surface area contributed by atoms with Crippen molar-refractivity contribution in [2.45, 2.75) is 25.0 Å². The highest BCUT2D eigenvalue weighted by Gasteiger charge is 2.14. The van der Waals surface area contributed by atoms with Gasteiger partial charge >= 0.3 is 0 Å². The van der Waals surface area contributed by atoms with E-state index in [1.807, 2.05) is 0 Å². The van der Waals surface area contributed by atoms with Crippen LogP contribution in [0.25, 0.3) is 11.0 Å². The molecule has 2 N–H and O–H groups in total. The molecule has 0 aliphatic carbocycles. The Labute approximate surface area is 178 Å². The molecule has 3 aromatic rings. The van der Waals surface area contributed by atoms with E-state index in [-0.39, 0.29) is 12.1 Å². The first-order valence-electron chi connectivity index (χ1n) is 9.76. The fraction of sp³-hybridized carbons (Fsp3) is 0.400. The van der Waals surface area contributed by atoms with Crippen molar-refractivity contribution in [2.75, 3.05) is 37.9 Å². The van der Waals surface area contributed by atoms with Crippen LogP contribution in [0.4, 0.5) is 10.2 Å². The molecule has 0 aliphatic heterocycles. The number of ether oxygens (including phenoxy) is 1. The van der Waals surface area contributed by atoms with E-state index in [0.717, 1.165) is 17.6 Å². The van der Waals surface area contributed by atoms with Crippen LogP contribution in [0.5, 0.6) is 0 Å². The molecule has 3 rings (SSSR count). The zero-order chi connectivity index (χ0) is 21.3. The molecule has 0 atom stereocenters. The average Bonchev–Trinajstić information content (AvgIpc) is 3.15. The lowest BCUT2D eigenvalue weighted by Crippen LogP contribution is -2.28. The number of anilines is 1. The lowest BCUT2D eigenvalue weighted by molar-refractivity contribution is 0.0948. The molecule has 160 valence electrons. The van der Waals surface area contributed by atoms with Crippen LogP contribution in [0.1, 0.15) is 23.7 Å². The van der Waals surface area contributed by atoms with Gasteiger partial charge in [-0.2, -0.15) is 5.10 Å². The standard InChI is InChI=1S/C20H25FN6O2S/c1-3-12-30-20-25-17(22-9-11-29-2)15-13-24-27(18(15)26-20)10-8-23-19(28)14-6-4-5-7-16(14)21/h4-7,13H,3,8-12H2,1-2H3,(H,23,28)(H,22,25,26). The maximum absolute atomic E-state index is 13.8. The number of fused-ring (bicyclic) bond motifs is 1. The summed E-state index contributed by atoms with van der Waals surface area (Å²) >= 11 is 1.58. The molecule has 1 aromatic carbocycles. The second-order valence-electron chi connectivity index (χ2n) is 6.46. The summed E-state index contributed by atoms with van der Waals surface area (Å²) in [6.07, 6.45) is 2.72. The quantitative estimate of drug-likeness (QED) is 0.273. The van der Waals surface area contributed by atoms with Crippen LogP contribution in [0.2, 0.25) is 0 Å². The molecule has 2 heterocycles. The van der Waals surface area contributed by atoms with Crippen molar-refractivity contribution in [3.63, 3.8) is 0 Å². The Hall–Kier alpha value is -2.72. The van der Waals surface area contributed by atoms with E-state index in [9.17, 15) is 9.18 Å². The van der Waals surface area contributed by atoms with Crippen molar-refractivity contribution >= 4 is 34.5 Å². The molecule has 0 aliphatic rings. The average molecular weight is 433 g/mol. The number of thioether (sulfide) groups is 1. The Bertz CT molecular complexity index is 997. The predicted octanol–water partition coefficient (Wildman–Crippen LogP) is 2.96. The van der Waals surface area contributed by atoms with Crippen LogP contribution in [-0.2, 0) is 11.3 Å². The van der Waals surface area contributed by atoms with E-state index in [0.29, 0.717) is 36.3 Å². The molecule has 0 radical (unpaired) electrons. The van der Waals surface area contributed by atoms with Gasteiger partial charge < -0.3 is 15.4 Å². The topological polar surface area (TPSA) is 94.0 Å². The summed E-state index contributed by atoms with van der Waals surface area (Å²) in [5.41, 5.74) is 0.705. The monoisotopic (exact) mass is 432 g/mol. The summed E-state index contributed by atoms with van der Waals surface area (Å²) < 4.78 is 20.6. The van der Waals surface area contributed by atoms with E-state index in [4.69, 9.17) is 4.74 Å². The highest BCUT2D eigenvalue weighted by atomic mass is 32.2. The molecule has 0 saturated carbocycles. The maximum Gasteiger partial charge on any atom is 0.254 e. The van der Waals surface area contributed by atoms with E-state index in [1.54, 1.807) is 41.9 Å². The number of carbonyl (C=O) groups excluding carboxylic acids is 1. The number of hydrogen-bond acceptors (Lipinski definition) is 7. The van der Waals surface area contributed by atoms with E-state index in [2.05, 4.69) is 32.6 Å². The van der Waals surface area contributed by atoms with Crippen molar-refractivity contribution in [1.29, 1.82) is 0 Å². The van der Waals surface area contributed by atoms with Crippen LogP contribution < -0.4 is 10.6 Å². The molecule has 2 aromatic heterocycles. The van der Waals surface area contributed by atoms with Gasteiger partial charge in [-0.15, -0.1) is 0 Å². The molecule has 0 saturated heterocycles. The Morgan fingerprint density at radius 3 is 2.87 bits per heavy atom. The van der Waals surface area contributed by atoms with Gasteiger partial charge in [0.25, 0.3) is 5.91 Å². The molecule has 30 heavy (non-hydrogen) atoms. The fourth-order valence-electron chi connectivity index (χ4n) is 2.78. The molecule has 8 nitrogen and oxygen atoms in total. The second kappa shape index (κ2) is 10.9. The van der Waals surface area contributed by atoms with Crippen LogP contribution in [-0.4, -0.2) is 58.2 Å². The van der Waals surface area contributed by atoms with E-state index < -0.39 is 11.7 Å². The highest BCUT2D eigenvalue weighted by Crippen LogP contribution is 2.24. The van der Waals surface area contributed by atoms with Crippen LogP contribution in [0, 0.1) is 5.82 Å².